The summed E-state index contributed by atoms with van der Waals surface area (Å²) in [6, 6.07) is 0. The minimum atomic E-state index is -0.508. The van der Waals surface area contributed by atoms with Crippen LogP contribution in [-0.2, 0) is 4.74 Å². The van der Waals surface area contributed by atoms with Crippen molar-refractivity contribution in [3.63, 3.8) is 0 Å². The zero-order chi connectivity index (χ0) is 12.8. The van der Waals surface area contributed by atoms with Gasteiger partial charge in [0.25, 0.3) is 0 Å². The molecule has 0 bridgehead atoms. The fraction of sp³-hybridized carbons (Fsp3) is 0.583. The Morgan fingerprint density at radius 1 is 1.44 bits per heavy atom. The molecule has 0 aromatic carbocycles. The van der Waals surface area contributed by atoms with E-state index in [-0.39, 0.29) is 0 Å². The third-order valence-electron chi connectivity index (χ3n) is 1.74. The summed E-state index contributed by atoms with van der Waals surface area (Å²) in [5.41, 5.74) is 6.44. The summed E-state index contributed by atoms with van der Waals surface area (Å²) < 4.78 is 5.12. The molecule has 0 aliphatic carbocycles. The normalized spacial score (nSPS) is 13.6. The average Bonchev–Trinajstić information content (AvgIpc) is 2.11. The number of carbonyl (C=O) groups excluding carboxylic acids is 1. The van der Waals surface area contributed by atoms with Crippen molar-refractivity contribution in [3.8, 4) is 0 Å². The van der Waals surface area contributed by atoms with Crippen LogP contribution in [0, 0.1) is 0 Å². The summed E-state index contributed by atoms with van der Waals surface area (Å²) in [6.45, 7) is 9.35. The average molecular weight is 226 g/mol. The first kappa shape index (κ1) is 14.6. The molecule has 0 aliphatic heterocycles. The largest absolute Gasteiger partial charge is 0.444 e. The van der Waals surface area contributed by atoms with E-state index in [1.807, 2.05) is 40.7 Å². The molecule has 0 saturated heterocycles. The van der Waals surface area contributed by atoms with Crippen molar-refractivity contribution in [1.29, 1.82) is 0 Å². The Hall–Kier alpha value is -1.45. The second-order valence-electron chi connectivity index (χ2n) is 4.50. The first-order valence-electron chi connectivity index (χ1n) is 5.39. The predicted molar refractivity (Wildman–Crippen MR) is 65.7 cm³/mol. The van der Waals surface area contributed by atoms with Crippen LogP contribution in [-0.4, -0.2) is 11.7 Å². The maximum atomic E-state index is 11.5. The summed E-state index contributed by atoms with van der Waals surface area (Å²) in [7, 11) is 0. The van der Waals surface area contributed by atoms with Crippen LogP contribution in [0.1, 0.15) is 41.0 Å². The number of carbonyl (C=O) groups is 1. The lowest BCUT2D eigenvalue weighted by Gasteiger charge is -2.20. The van der Waals surface area contributed by atoms with E-state index in [4.69, 9.17) is 10.5 Å². The van der Waals surface area contributed by atoms with Gasteiger partial charge in [-0.05, 0) is 39.7 Å². The Morgan fingerprint density at radius 2 is 2.00 bits per heavy atom. The van der Waals surface area contributed by atoms with Gasteiger partial charge < -0.3 is 10.5 Å². The van der Waals surface area contributed by atoms with Gasteiger partial charge in [-0.15, -0.1) is 0 Å². The van der Waals surface area contributed by atoms with E-state index < -0.39 is 11.7 Å². The van der Waals surface area contributed by atoms with Crippen LogP contribution in [0.5, 0.6) is 0 Å². The Kier molecular flexibility index (Phi) is 5.64. The van der Waals surface area contributed by atoms with Crippen molar-refractivity contribution in [2.24, 2.45) is 5.73 Å². The molecule has 0 saturated carbocycles. The summed E-state index contributed by atoms with van der Waals surface area (Å²) >= 11 is 0. The molecular formula is C12H22N2O2. The van der Waals surface area contributed by atoms with E-state index in [0.29, 0.717) is 5.70 Å². The van der Waals surface area contributed by atoms with Crippen molar-refractivity contribution in [2.45, 2.75) is 46.6 Å². The zero-order valence-corrected chi connectivity index (χ0v) is 10.8. The summed E-state index contributed by atoms with van der Waals surface area (Å²) in [6.07, 6.45) is 3.74. The minimum absolute atomic E-state index is 0.493. The van der Waals surface area contributed by atoms with E-state index >= 15 is 0 Å². The predicted octanol–water partition coefficient (Wildman–Crippen LogP) is 2.67. The molecule has 0 aliphatic rings. The van der Waals surface area contributed by atoms with Gasteiger partial charge in [-0.1, -0.05) is 13.0 Å². The number of nitrogens with two attached hydrogens (primary N) is 1. The number of nitrogens with one attached hydrogen (secondary N) is 1. The first-order valence-corrected chi connectivity index (χ1v) is 5.39. The van der Waals surface area contributed by atoms with Crippen LogP contribution in [0.2, 0.25) is 0 Å². The van der Waals surface area contributed by atoms with Crippen molar-refractivity contribution < 1.29 is 9.53 Å². The molecule has 0 aromatic heterocycles. The number of amides is 1. The van der Waals surface area contributed by atoms with Gasteiger partial charge in [-0.2, -0.15) is 0 Å². The van der Waals surface area contributed by atoms with Gasteiger partial charge in [0.05, 0.1) is 5.70 Å². The van der Waals surface area contributed by atoms with E-state index in [0.717, 1.165) is 12.0 Å². The Balaban J connectivity index is 4.47. The van der Waals surface area contributed by atoms with Crippen molar-refractivity contribution in [2.75, 3.05) is 0 Å². The fourth-order valence-corrected chi connectivity index (χ4v) is 1.10. The smallest absolute Gasteiger partial charge is 0.412 e. The van der Waals surface area contributed by atoms with E-state index in [1.165, 1.54) is 6.20 Å². The van der Waals surface area contributed by atoms with Crippen LogP contribution < -0.4 is 11.1 Å². The van der Waals surface area contributed by atoms with Gasteiger partial charge in [0, 0.05) is 6.20 Å². The number of ether oxygens (including phenoxy) is 1. The number of hydrogen-bond acceptors (Lipinski definition) is 3. The second kappa shape index (κ2) is 6.20. The number of alkyl carbamates (subject to hydrolysis) is 1. The number of rotatable bonds is 3. The summed E-state index contributed by atoms with van der Waals surface area (Å²) in [5.74, 6) is 0. The molecule has 1 amide bonds. The molecule has 0 spiro atoms. The molecular weight excluding hydrogens is 204 g/mol. The fourth-order valence-electron chi connectivity index (χ4n) is 1.10. The van der Waals surface area contributed by atoms with Crippen LogP contribution in [0.3, 0.4) is 0 Å². The van der Waals surface area contributed by atoms with Crippen molar-refractivity contribution in [3.05, 3.63) is 23.5 Å². The quantitative estimate of drug-likeness (QED) is 0.727. The lowest BCUT2D eigenvalue weighted by Crippen LogP contribution is -2.32. The molecule has 0 rings (SSSR count). The minimum Gasteiger partial charge on any atom is -0.444 e. The van der Waals surface area contributed by atoms with Crippen LogP contribution in [0.25, 0.3) is 0 Å². The Bertz CT molecular complexity index is 299. The van der Waals surface area contributed by atoms with Gasteiger partial charge in [0.15, 0.2) is 0 Å². The number of allylic oxidation sites excluding steroid dienone is 2. The molecule has 16 heavy (non-hydrogen) atoms. The van der Waals surface area contributed by atoms with Gasteiger partial charge in [-0.25, -0.2) is 4.79 Å². The highest BCUT2D eigenvalue weighted by atomic mass is 16.6. The summed E-state index contributed by atoms with van der Waals surface area (Å²) in [4.78, 5) is 11.5. The van der Waals surface area contributed by atoms with Crippen molar-refractivity contribution >= 4 is 6.09 Å². The lowest BCUT2D eigenvalue weighted by atomic mass is 10.2. The molecule has 4 nitrogen and oxygen atoms in total. The van der Waals surface area contributed by atoms with E-state index in [9.17, 15) is 4.79 Å². The molecule has 92 valence electrons. The maximum Gasteiger partial charge on any atom is 0.412 e. The SMILES string of the molecule is CC/C=C(C)\C(=C/N)NC(=O)OC(C)(C)C. The second-order valence-corrected chi connectivity index (χ2v) is 4.50. The molecule has 0 heterocycles. The molecule has 0 fully saturated rings. The molecule has 3 N–H and O–H groups in total. The van der Waals surface area contributed by atoms with Gasteiger partial charge in [-0.3, -0.25) is 5.32 Å². The van der Waals surface area contributed by atoms with Crippen LogP contribution >= 0.6 is 0 Å². The highest BCUT2D eigenvalue weighted by Gasteiger charge is 2.16. The Morgan fingerprint density at radius 3 is 2.38 bits per heavy atom. The third kappa shape index (κ3) is 6.11. The molecule has 4 heteroatoms. The van der Waals surface area contributed by atoms with Gasteiger partial charge >= 0.3 is 6.09 Å². The first-order chi connectivity index (χ1) is 7.30. The Labute approximate surface area is 97.5 Å². The topological polar surface area (TPSA) is 64.3 Å². The van der Waals surface area contributed by atoms with E-state index in [1.54, 1.807) is 0 Å². The molecule has 0 unspecified atom stereocenters. The van der Waals surface area contributed by atoms with Gasteiger partial charge in [0.2, 0.25) is 0 Å². The molecule has 0 atom stereocenters. The standard InChI is InChI=1S/C12H22N2O2/c1-6-7-9(2)10(8-13)14-11(15)16-12(3,4)5/h7-8H,6,13H2,1-5H3,(H,14,15)/b9-7-,10-8+. The molecule has 0 radical (unpaired) electrons. The molecule has 0 aromatic rings. The lowest BCUT2D eigenvalue weighted by molar-refractivity contribution is 0.0547. The van der Waals surface area contributed by atoms with Crippen LogP contribution in [0.4, 0.5) is 4.79 Å². The third-order valence-corrected chi connectivity index (χ3v) is 1.74. The highest BCUT2D eigenvalue weighted by Crippen LogP contribution is 2.10. The van der Waals surface area contributed by atoms with Gasteiger partial charge in [0.1, 0.15) is 5.60 Å². The van der Waals surface area contributed by atoms with E-state index in [2.05, 4.69) is 5.32 Å². The van der Waals surface area contributed by atoms with Crippen LogP contribution in [0.15, 0.2) is 23.5 Å². The number of hydrogen-bond donors (Lipinski definition) is 2. The summed E-state index contributed by atoms with van der Waals surface area (Å²) in [5, 5.41) is 2.61. The monoisotopic (exact) mass is 226 g/mol. The highest BCUT2D eigenvalue weighted by molar-refractivity contribution is 5.71. The maximum absolute atomic E-state index is 11.5. The zero-order valence-electron chi connectivity index (χ0n) is 10.8. The van der Waals surface area contributed by atoms with Crippen molar-refractivity contribution in [1.82, 2.24) is 5.32 Å².